The van der Waals surface area contributed by atoms with Gasteiger partial charge in [-0.25, -0.2) is 0 Å². The lowest BCUT2D eigenvalue weighted by Gasteiger charge is -2.31. The second-order valence-electron chi connectivity index (χ2n) is 8.91. The van der Waals surface area contributed by atoms with E-state index >= 15 is 0 Å². The van der Waals surface area contributed by atoms with Crippen molar-refractivity contribution >= 4 is 11.8 Å². The van der Waals surface area contributed by atoms with E-state index in [1.807, 2.05) is 92.7 Å². The summed E-state index contributed by atoms with van der Waals surface area (Å²) in [6.45, 7) is 6.85. The van der Waals surface area contributed by atoms with E-state index in [4.69, 9.17) is 4.74 Å². The zero-order chi connectivity index (χ0) is 25.0. The maximum Gasteiger partial charge on any atom is 0.261 e. The highest BCUT2D eigenvalue weighted by atomic mass is 16.5. The van der Waals surface area contributed by atoms with Crippen molar-refractivity contribution in [3.05, 3.63) is 101 Å². The highest BCUT2D eigenvalue weighted by molar-refractivity contribution is 5.88. The van der Waals surface area contributed by atoms with Crippen LogP contribution in [0.3, 0.4) is 0 Å². The molecule has 0 heterocycles. The second kappa shape index (κ2) is 13.3. The number of rotatable bonds is 12. The maximum absolute atomic E-state index is 13.6. The minimum Gasteiger partial charge on any atom is -0.484 e. The molecule has 0 radical (unpaired) electrons. The summed E-state index contributed by atoms with van der Waals surface area (Å²) in [5, 5.41) is 3.04. The zero-order valence-corrected chi connectivity index (χ0v) is 21.0. The zero-order valence-electron chi connectivity index (χ0n) is 21.0. The number of hydrogen-bond acceptors (Lipinski definition) is 3. The van der Waals surface area contributed by atoms with Gasteiger partial charge in [-0.3, -0.25) is 9.59 Å². The minimum atomic E-state index is -0.650. The van der Waals surface area contributed by atoms with Crippen LogP contribution in [0.1, 0.15) is 42.0 Å². The summed E-state index contributed by atoms with van der Waals surface area (Å²) in [6, 6.07) is 24.9. The molecule has 0 unspecified atom stereocenters. The van der Waals surface area contributed by atoms with Crippen molar-refractivity contribution in [2.75, 3.05) is 13.2 Å². The molecule has 35 heavy (non-hydrogen) atoms. The predicted molar refractivity (Wildman–Crippen MR) is 140 cm³/mol. The minimum absolute atomic E-state index is 0.135. The molecule has 0 fully saturated rings. The van der Waals surface area contributed by atoms with Crippen LogP contribution in [0.25, 0.3) is 0 Å². The number of carbonyl (C=O) groups is 2. The Morgan fingerprint density at radius 2 is 1.57 bits per heavy atom. The van der Waals surface area contributed by atoms with Gasteiger partial charge in [-0.05, 0) is 43.0 Å². The van der Waals surface area contributed by atoms with Gasteiger partial charge in [0.15, 0.2) is 6.61 Å². The summed E-state index contributed by atoms with van der Waals surface area (Å²) in [6.07, 6.45) is 2.31. The average Bonchev–Trinajstić information content (AvgIpc) is 2.87. The normalized spacial score (nSPS) is 11.5. The number of aryl methyl sites for hydroxylation is 2. The van der Waals surface area contributed by atoms with E-state index in [2.05, 4.69) is 12.2 Å². The van der Waals surface area contributed by atoms with Gasteiger partial charge in [0, 0.05) is 19.5 Å². The van der Waals surface area contributed by atoms with Gasteiger partial charge in [0.1, 0.15) is 11.8 Å². The Labute approximate surface area is 209 Å². The van der Waals surface area contributed by atoms with Crippen molar-refractivity contribution in [2.24, 2.45) is 0 Å². The summed E-state index contributed by atoms with van der Waals surface area (Å²) in [5.41, 5.74) is 4.08. The number of amides is 2. The third-order valence-corrected chi connectivity index (χ3v) is 6.02. The lowest BCUT2D eigenvalue weighted by molar-refractivity contribution is -0.142. The SMILES string of the molecule is CCCCNC(=O)[C@@H](Cc1ccccc1)N(Cc1ccc(C)cc1)C(=O)COc1ccccc1C. The number of nitrogens with one attached hydrogen (secondary N) is 1. The summed E-state index contributed by atoms with van der Waals surface area (Å²) in [7, 11) is 0. The van der Waals surface area contributed by atoms with E-state index in [9.17, 15) is 9.59 Å². The Bertz CT molecular complexity index is 1080. The van der Waals surface area contributed by atoms with E-state index in [1.54, 1.807) is 4.90 Å². The van der Waals surface area contributed by atoms with Crippen molar-refractivity contribution in [3.63, 3.8) is 0 Å². The summed E-state index contributed by atoms with van der Waals surface area (Å²) in [5.74, 6) is 0.308. The lowest BCUT2D eigenvalue weighted by Crippen LogP contribution is -2.51. The molecule has 5 heteroatoms. The Kier molecular flexibility index (Phi) is 9.91. The van der Waals surface area contributed by atoms with E-state index in [0.717, 1.165) is 35.1 Å². The first-order valence-corrected chi connectivity index (χ1v) is 12.3. The molecule has 184 valence electrons. The van der Waals surface area contributed by atoms with E-state index in [0.29, 0.717) is 25.3 Å². The number of para-hydroxylation sites is 1. The number of nitrogens with zero attached hydrogens (tertiary/aromatic N) is 1. The molecule has 5 nitrogen and oxygen atoms in total. The molecule has 0 aliphatic heterocycles. The second-order valence-corrected chi connectivity index (χ2v) is 8.91. The molecule has 0 saturated carbocycles. The van der Waals surface area contributed by atoms with Crippen LogP contribution in [0.4, 0.5) is 0 Å². The van der Waals surface area contributed by atoms with Gasteiger partial charge in [0.2, 0.25) is 5.91 Å². The van der Waals surface area contributed by atoms with Crippen LogP contribution in [-0.4, -0.2) is 35.9 Å². The fourth-order valence-electron chi connectivity index (χ4n) is 3.89. The topological polar surface area (TPSA) is 58.6 Å². The molecular weight excluding hydrogens is 436 g/mol. The van der Waals surface area contributed by atoms with E-state index in [-0.39, 0.29) is 18.4 Å². The third-order valence-electron chi connectivity index (χ3n) is 6.02. The molecular formula is C30H36N2O3. The van der Waals surface area contributed by atoms with Gasteiger partial charge in [0.05, 0.1) is 0 Å². The molecule has 1 atom stereocenters. The van der Waals surface area contributed by atoms with Crippen molar-refractivity contribution < 1.29 is 14.3 Å². The fraction of sp³-hybridized carbons (Fsp3) is 0.333. The number of carbonyl (C=O) groups excluding carboxylic acids is 2. The van der Waals surface area contributed by atoms with Crippen LogP contribution in [0.2, 0.25) is 0 Å². The number of ether oxygens (including phenoxy) is 1. The number of benzene rings is 3. The van der Waals surface area contributed by atoms with Gasteiger partial charge >= 0.3 is 0 Å². The first kappa shape index (κ1) is 26.0. The lowest BCUT2D eigenvalue weighted by atomic mass is 10.0. The maximum atomic E-state index is 13.6. The average molecular weight is 473 g/mol. The van der Waals surface area contributed by atoms with Crippen LogP contribution in [0.15, 0.2) is 78.9 Å². The van der Waals surface area contributed by atoms with Gasteiger partial charge in [-0.2, -0.15) is 0 Å². The molecule has 0 aliphatic rings. The van der Waals surface area contributed by atoms with E-state index in [1.165, 1.54) is 0 Å². The highest BCUT2D eigenvalue weighted by Gasteiger charge is 2.30. The largest absolute Gasteiger partial charge is 0.484 e. The molecule has 3 aromatic carbocycles. The molecule has 0 aliphatic carbocycles. The Morgan fingerprint density at radius 3 is 2.26 bits per heavy atom. The van der Waals surface area contributed by atoms with Crippen molar-refractivity contribution in [2.45, 2.75) is 52.6 Å². The van der Waals surface area contributed by atoms with Gasteiger partial charge in [-0.15, -0.1) is 0 Å². The Balaban J connectivity index is 1.88. The first-order valence-electron chi connectivity index (χ1n) is 12.3. The van der Waals surface area contributed by atoms with Crippen molar-refractivity contribution in [1.29, 1.82) is 0 Å². The Hall–Kier alpha value is -3.60. The van der Waals surface area contributed by atoms with Gasteiger partial charge in [-0.1, -0.05) is 91.7 Å². The summed E-state index contributed by atoms with van der Waals surface area (Å²) in [4.78, 5) is 28.6. The molecule has 0 bridgehead atoms. The molecule has 0 saturated heterocycles. The molecule has 0 spiro atoms. The van der Waals surface area contributed by atoms with Crippen LogP contribution in [-0.2, 0) is 22.6 Å². The fourth-order valence-corrected chi connectivity index (χ4v) is 3.89. The van der Waals surface area contributed by atoms with Gasteiger partial charge in [0.25, 0.3) is 5.91 Å². The molecule has 0 aromatic heterocycles. The number of unbranched alkanes of at least 4 members (excludes halogenated alkanes) is 1. The molecule has 2 amide bonds. The Morgan fingerprint density at radius 1 is 0.886 bits per heavy atom. The predicted octanol–water partition coefficient (Wildman–Crippen LogP) is 5.24. The monoisotopic (exact) mass is 472 g/mol. The van der Waals surface area contributed by atoms with Crippen LogP contribution in [0.5, 0.6) is 5.75 Å². The van der Waals surface area contributed by atoms with Gasteiger partial charge < -0.3 is 15.0 Å². The first-order chi connectivity index (χ1) is 17.0. The van der Waals surface area contributed by atoms with E-state index < -0.39 is 6.04 Å². The van der Waals surface area contributed by atoms with Crippen LogP contribution in [0, 0.1) is 13.8 Å². The van der Waals surface area contributed by atoms with Crippen molar-refractivity contribution in [1.82, 2.24) is 10.2 Å². The summed E-state index contributed by atoms with van der Waals surface area (Å²) >= 11 is 0. The van der Waals surface area contributed by atoms with Crippen molar-refractivity contribution in [3.8, 4) is 5.75 Å². The summed E-state index contributed by atoms with van der Waals surface area (Å²) < 4.78 is 5.89. The highest BCUT2D eigenvalue weighted by Crippen LogP contribution is 2.19. The third kappa shape index (κ3) is 7.99. The van der Waals surface area contributed by atoms with Crippen LogP contribution < -0.4 is 10.1 Å². The standard InChI is InChI=1S/C30H36N2O3/c1-4-5-19-31-30(34)27(20-25-12-7-6-8-13-25)32(21-26-17-15-23(2)16-18-26)29(33)22-35-28-14-10-9-11-24(28)3/h6-18,27H,4-5,19-22H2,1-3H3,(H,31,34)/t27-/m1/s1. The molecule has 1 N–H and O–H groups in total. The molecule has 3 aromatic rings. The quantitative estimate of drug-likeness (QED) is 0.367. The molecule has 3 rings (SSSR count). The smallest absolute Gasteiger partial charge is 0.261 e. The van der Waals surface area contributed by atoms with Crippen LogP contribution >= 0.6 is 0 Å². The number of hydrogen-bond donors (Lipinski definition) is 1.